The van der Waals surface area contributed by atoms with Gasteiger partial charge in [0.25, 0.3) is 0 Å². The first-order valence-electron chi connectivity index (χ1n) is 10.2. The highest BCUT2D eigenvalue weighted by Crippen LogP contribution is 2.47. The van der Waals surface area contributed by atoms with E-state index in [4.69, 9.17) is 18.7 Å². The fourth-order valence-electron chi connectivity index (χ4n) is 4.00. The summed E-state index contributed by atoms with van der Waals surface area (Å²) >= 11 is 1.36. The number of methoxy groups -OCH3 is 2. The number of benzene rings is 2. The van der Waals surface area contributed by atoms with E-state index in [9.17, 15) is 0 Å². The summed E-state index contributed by atoms with van der Waals surface area (Å²) in [5.41, 5.74) is 2.62. The fraction of sp³-hybridized carbons (Fsp3) is 0.304. The Bertz CT molecular complexity index is 1240. The molecule has 0 radical (unpaired) electrons. The van der Waals surface area contributed by atoms with Crippen LogP contribution in [0.2, 0.25) is 0 Å². The van der Waals surface area contributed by atoms with Crippen LogP contribution in [-0.4, -0.2) is 34.8 Å². The first-order chi connectivity index (χ1) is 15.5. The van der Waals surface area contributed by atoms with E-state index in [2.05, 4.69) is 28.8 Å². The maximum Gasteiger partial charge on any atom is 0.191 e. The van der Waals surface area contributed by atoms with E-state index in [0.29, 0.717) is 29.4 Å². The molecule has 0 atom stereocenters. The third-order valence-corrected chi connectivity index (χ3v) is 6.32. The predicted molar refractivity (Wildman–Crippen MR) is 123 cm³/mol. The monoisotopic (exact) mass is 452 g/mol. The number of hydrogen-bond acceptors (Lipinski definition) is 8. The summed E-state index contributed by atoms with van der Waals surface area (Å²) in [6.07, 6.45) is 4.52. The molecule has 2 aromatic heterocycles. The quantitative estimate of drug-likeness (QED) is 0.396. The Morgan fingerprint density at radius 1 is 1.19 bits per heavy atom. The Balaban J connectivity index is 1.53. The van der Waals surface area contributed by atoms with Crippen LogP contribution in [0.5, 0.6) is 17.2 Å². The number of nitrogens with zero attached hydrogens (tertiary/aromatic N) is 3. The van der Waals surface area contributed by atoms with Gasteiger partial charge in [0.1, 0.15) is 33.1 Å². The van der Waals surface area contributed by atoms with Crippen LogP contribution >= 0.6 is 11.9 Å². The van der Waals surface area contributed by atoms with Crippen molar-refractivity contribution in [1.82, 2.24) is 14.9 Å². The minimum absolute atomic E-state index is 0.316. The lowest BCUT2D eigenvalue weighted by atomic mass is 9.96. The highest BCUT2D eigenvalue weighted by molar-refractivity contribution is 8.00. The van der Waals surface area contributed by atoms with Crippen molar-refractivity contribution >= 4 is 28.7 Å². The van der Waals surface area contributed by atoms with Crippen molar-refractivity contribution < 1.29 is 18.7 Å². The molecule has 2 aromatic carbocycles. The molecule has 4 aromatic rings. The molecule has 0 aliphatic carbocycles. The normalized spacial score (nSPS) is 14.2. The van der Waals surface area contributed by atoms with Gasteiger partial charge in [-0.3, -0.25) is 4.68 Å². The molecule has 9 heteroatoms. The van der Waals surface area contributed by atoms with Crippen LogP contribution in [0, 0.1) is 0 Å². The second-order valence-electron chi connectivity index (χ2n) is 8.19. The zero-order valence-electron chi connectivity index (χ0n) is 18.3. The lowest BCUT2D eigenvalue weighted by Gasteiger charge is -2.17. The van der Waals surface area contributed by atoms with Crippen LogP contribution in [0.3, 0.4) is 0 Å². The van der Waals surface area contributed by atoms with Gasteiger partial charge in [0, 0.05) is 24.4 Å². The summed E-state index contributed by atoms with van der Waals surface area (Å²) in [6, 6.07) is 9.61. The molecule has 0 fully saturated rings. The van der Waals surface area contributed by atoms with Crippen molar-refractivity contribution in [2.75, 3.05) is 18.9 Å². The highest BCUT2D eigenvalue weighted by Gasteiger charge is 2.35. The first-order valence-corrected chi connectivity index (χ1v) is 11.0. The van der Waals surface area contributed by atoms with Crippen molar-refractivity contribution in [2.24, 2.45) is 0 Å². The molecule has 0 saturated carbocycles. The van der Waals surface area contributed by atoms with Crippen molar-refractivity contribution in [1.29, 1.82) is 0 Å². The number of anilines is 1. The zero-order valence-corrected chi connectivity index (χ0v) is 19.2. The Morgan fingerprint density at radius 2 is 1.97 bits per heavy atom. The molecule has 8 nitrogen and oxygen atoms in total. The summed E-state index contributed by atoms with van der Waals surface area (Å²) in [6.45, 7) is 4.82. The number of nitrogens with one attached hydrogen (secondary N) is 1. The molecule has 1 N–H and O–H groups in total. The minimum atomic E-state index is -0.316. The third-order valence-electron chi connectivity index (χ3n) is 5.42. The number of rotatable bonds is 7. The lowest BCUT2D eigenvalue weighted by Crippen LogP contribution is -2.24. The van der Waals surface area contributed by atoms with Gasteiger partial charge in [0.2, 0.25) is 0 Å². The molecule has 166 valence electrons. The largest absolute Gasteiger partial charge is 0.495 e. The summed E-state index contributed by atoms with van der Waals surface area (Å²) in [7, 11) is 3.27. The van der Waals surface area contributed by atoms with E-state index < -0.39 is 0 Å². The second kappa shape index (κ2) is 7.98. The third kappa shape index (κ3) is 3.62. The summed E-state index contributed by atoms with van der Waals surface area (Å²) in [5.74, 6) is 2.82. The fourth-order valence-corrected chi connectivity index (χ4v) is 4.85. The summed E-state index contributed by atoms with van der Waals surface area (Å²) < 4.78 is 28.3. The van der Waals surface area contributed by atoms with Crippen molar-refractivity contribution in [2.45, 2.75) is 37.3 Å². The number of aromatic nitrogens is 3. The van der Waals surface area contributed by atoms with Crippen LogP contribution in [0.1, 0.15) is 25.0 Å². The van der Waals surface area contributed by atoms with Gasteiger partial charge in [-0.15, -0.1) is 0 Å². The molecule has 32 heavy (non-hydrogen) atoms. The van der Waals surface area contributed by atoms with E-state index in [1.165, 1.54) is 11.9 Å². The van der Waals surface area contributed by atoms with E-state index in [-0.39, 0.29) is 5.60 Å². The second-order valence-corrected chi connectivity index (χ2v) is 9.00. The molecule has 1 aliphatic rings. The standard InChI is InChI=1S/C23H24N4O4S/c1-23(2)12-15-14(13-27-10-6-9-24-27)11-18-19(20(15)30-23)22(25-31-18)26-32-21-16(28-3)7-5-8-17(21)29-4/h5-11H,12-13H2,1-4H3,(H,25,26). The average molecular weight is 453 g/mol. The summed E-state index contributed by atoms with van der Waals surface area (Å²) in [4.78, 5) is 0.821. The molecule has 0 bridgehead atoms. The van der Waals surface area contributed by atoms with Gasteiger partial charge in [0.15, 0.2) is 11.4 Å². The molecule has 0 amide bonds. The van der Waals surface area contributed by atoms with Gasteiger partial charge in [-0.1, -0.05) is 11.2 Å². The summed E-state index contributed by atoms with van der Waals surface area (Å²) in [5, 5.41) is 9.47. The first kappa shape index (κ1) is 20.6. The Labute approximate surface area is 189 Å². The van der Waals surface area contributed by atoms with Crippen LogP contribution in [0.15, 0.2) is 52.1 Å². The number of ether oxygens (including phenoxy) is 3. The SMILES string of the molecule is COc1cccc(OC)c1SNc1noc2cc(Cn3cccn3)c3c(c12)OC(C)(C)C3. The Kier molecular flexibility index (Phi) is 5.13. The van der Waals surface area contributed by atoms with Crippen LogP contribution < -0.4 is 18.9 Å². The molecular formula is C23H24N4O4S. The van der Waals surface area contributed by atoms with E-state index in [1.54, 1.807) is 20.4 Å². The van der Waals surface area contributed by atoms with Crippen LogP contribution in [0.25, 0.3) is 11.0 Å². The molecular weight excluding hydrogens is 428 g/mol. The van der Waals surface area contributed by atoms with E-state index in [0.717, 1.165) is 33.6 Å². The van der Waals surface area contributed by atoms with Crippen molar-refractivity contribution in [3.05, 3.63) is 53.9 Å². The molecule has 0 saturated heterocycles. The van der Waals surface area contributed by atoms with Crippen molar-refractivity contribution in [3.8, 4) is 17.2 Å². The van der Waals surface area contributed by atoms with Gasteiger partial charge < -0.3 is 23.5 Å². The van der Waals surface area contributed by atoms with Gasteiger partial charge in [-0.25, -0.2) is 0 Å². The van der Waals surface area contributed by atoms with Crippen LogP contribution in [0.4, 0.5) is 5.82 Å². The Hall–Kier alpha value is -3.33. The van der Waals surface area contributed by atoms with E-state index >= 15 is 0 Å². The molecule has 0 spiro atoms. The molecule has 5 rings (SSSR count). The zero-order chi connectivity index (χ0) is 22.3. The number of hydrogen-bond donors (Lipinski definition) is 1. The molecule has 0 unspecified atom stereocenters. The lowest BCUT2D eigenvalue weighted by molar-refractivity contribution is 0.140. The number of fused-ring (bicyclic) bond motifs is 3. The molecule has 1 aliphatic heterocycles. The van der Waals surface area contributed by atoms with Gasteiger partial charge in [-0.05, 0) is 55.6 Å². The average Bonchev–Trinajstić information content (AvgIpc) is 3.50. The molecule has 3 heterocycles. The highest BCUT2D eigenvalue weighted by atomic mass is 32.2. The van der Waals surface area contributed by atoms with E-state index in [1.807, 2.05) is 41.2 Å². The smallest absolute Gasteiger partial charge is 0.191 e. The minimum Gasteiger partial charge on any atom is -0.495 e. The topological polar surface area (TPSA) is 83.6 Å². The van der Waals surface area contributed by atoms with Gasteiger partial charge in [0.05, 0.1) is 20.8 Å². The predicted octanol–water partition coefficient (Wildman–Crippen LogP) is 4.92. The van der Waals surface area contributed by atoms with Crippen molar-refractivity contribution in [3.63, 3.8) is 0 Å². The van der Waals surface area contributed by atoms with Gasteiger partial charge in [-0.2, -0.15) is 5.10 Å². The maximum atomic E-state index is 6.38. The van der Waals surface area contributed by atoms with Crippen LogP contribution in [-0.2, 0) is 13.0 Å². The van der Waals surface area contributed by atoms with Gasteiger partial charge >= 0.3 is 0 Å². The maximum absolute atomic E-state index is 6.38. The Morgan fingerprint density at radius 3 is 2.66 bits per heavy atom.